The highest BCUT2D eigenvalue weighted by Crippen LogP contribution is 1.84. The molecule has 54 valence electrons. The quantitative estimate of drug-likeness (QED) is 0.463. The Bertz CT molecular complexity index is 174. The summed E-state index contributed by atoms with van der Waals surface area (Å²) in [6, 6.07) is 6.06. The van der Waals surface area contributed by atoms with E-state index >= 15 is 0 Å². The lowest BCUT2D eigenvalue weighted by atomic mass is 10.4. The number of aromatic nitrogens is 1. The Balaban J connectivity index is 2.43. The molecule has 10 heavy (non-hydrogen) atoms. The molecule has 0 atom stereocenters. The van der Waals surface area contributed by atoms with Crippen LogP contribution in [-0.4, -0.2) is 5.88 Å². The number of alkyl halides is 1. The maximum atomic E-state index is 5.54. The van der Waals surface area contributed by atoms with Crippen LogP contribution in [0.2, 0.25) is 0 Å². The maximum absolute atomic E-state index is 5.54. The van der Waals surface area contributed by atoms with E-state index in [1.165, 1.54) is 0 Å². The predicted molar refractivity (Wildman–Crippen MR) is 42.0 cm³/mol. The first-order chi connectivity index (χ1) is 4.93. The van der Waals surface area contributed by atoms with Crippen molar-refractivity contribution in [2.45, 2.75) is 13.0 Å². The molecule has 0 saturated heterocycles. The van der Waals surface area contributed by atoms with E-state index in [9.17, 15) is 0 Å². The van der Waals surface area contributed by atoms with Gasteiger partial charge in [-0.3, -0.25) is 0 Å². The van der Waals surface area contributed by atoms with Crippen molar-refractivity contribution >= 4 is 11.6 Å². The van der Waals surface area contributed by atoms with Crippen LogP contribution in [0.3, 0.4) is 0 Å². The number of hydrogen-bond donors (Lipinski definition) is 0. The van der Waals surface area contributed by atoms with E-state index in [0.717, 1.165) is 18.8 Å². The first kappa shape index (κ1) is 7.55. The molecule has 0 aliphatic rings. The Labute approximate surface area is 66.3 Å². The minimum atomic E-state index is 0.738. The fourth-order valence-corrected chi connectivity index (χ4v) is 0.945. The van der Waals surface area contributed by atoms with Crippen LogP contribution in [0, 0.1) is 0 Å². The van der Waals surface area contributed by atoms with Crippen LogP contribution in [0.25, 0.3) is 0 Å². The lowest BCUT2D eigenvalue weighted by Gasteiger charge is -1.90. The van der Waals surface area contributed by atoms with Crippen LogP contribution < -0.4 is 4.57 Å². The zero-order valence-corrected chi connectivity index (χ0v) is 6.59. The van der Waals surface area contributed by atoms with Crippen LogP contribution in [0.15, 0.2) is 30.6 Å². The molecule has 0 unspecified atom stereocenters. The molecule has 0 N–H and O–H groups in total. The SMILES string of the molecule is ClCCC[n+]1ccccc1. The topological polar surface area (TPSA) is 3.88 Å². The van der Waals surface area contributed by atoms with E-state index in [1.807, 2.05) is 30.6 Å². The predicted octanol–water partition coefficient (Wildman–Crippen LogP) is 1.60. The highest BCUT2D eigenvalue weighted by atomic mass is 35.5. The van der Waals surface area contributed by atoms with Gasteiger partial charge >= 0.3 is 0 Å². The second kappa shape index (κ2) is 4.29. The minimum Gasteiger partial charge on any atom is -0.205 e. The zero-order chi connectivity index (χ0) is 7.23. The Kier molecular flexibility index (Phi) is 3.23. The monoisotopic (exact) mass is 156 g/mol. The third-order valence-electron chi connectivity index (χ3n) is 1.33. The fourth-order valence-electron chi connectivity index (χ4n) is 0.826. The average Bonchev–Trinajstić information content (AvgIpc) is 2.03. The number of aryl methyl sites for hydroxylation is 1. The van der Waals surface area contributed by atoms with E-state index in [-0.39, 0.29) is 0 Å². The average molecular weight is 157 g/mol. The molecule has 0 aromatic carbocycles. The molecule has 1 aromatic heterocycles. The molecule has 1 nitrogen and oxygen atoms in total. The first-order valence-electron chi connectivity index (χ1n) is 3.43. The summed E-state index contributed by atoms with van der Waals surface area (Å²) < 4.78 is 2.13. The molecule has 2 heteroatoms. The molecular formula is C8H11ClN+. The third kappa shape index (κ3) is 2.36. The number of halogens is 1. The normalized spacial score (nSPS) is 9.70. The van der Waals surface area contributed by atoms with Gasteiger partial charge in [0.2, 0.25) is 0 Å². The van der Waals surface area contributed by atoms with Crippen molar-refractivity contribution in [3.8, 4) is 0 Å². The number of pyridine rings is 1. The van der Waals surface area contributed by atoms with Crippen molar-refractivity contribution in [2.24, 2.45) is 0 Å². The molecule has 0 amide bonds. The van der Waals surface area contributed by atoms with E-state index in [1.54, 1.807) is 0 Å². The van der Waals surface area contributed by atoms with Crippen LogP contribution >= 0.6 is 11.6 Å². The second-order valence-electron chi connectivity index (χ2n) is 2.16. The van der Waals surface area contributed by atoms with E-state index in [0.29, 0.717) is 0 Å². The molecule has 0 saturated carbocycles. The summed E-state index contributed by atoms with van der Waals surface area (Å²) in [6.45, 7) is 1.02. The van der Waals surface area contributed by atoms with Crippen molar-refractivity contribution in [3.63, 3.8) is 0 Å². The zero-order valence-electron chi connectivity index (χ0n) is 5.83. The van der Waals surface area contributed by atoms with E-state index in [4.69, 9.17) is 11.6 Å². The highest BCUT2D eigenvalue weighted by molar-refractivity contribution is 6.17. The Morgan fingerprint density at radius 2 is 1.80 bits per heavy atom. The molecular weight excluding hydrogens is 146 g/mol. The van der Waals surface area contributed by atoms with Gasteiger partial charge in [0.25, 0.3) is 0 Å². The maximum Gasteiger partial charge on any atom is 0.168 e. The Morgan fingerprint density at radius 1 is 1.10 bits per heavy atom. The lowest BCUT2D eigenvalue weighted by molar-refractivity contribution is -0.696. The molecule has 1 heterocycles. The summed E-state index contributed by atoms with van der Waals surface area (Å²) in [7, 11) is 0. The molecule has 0 fully saturated rings. The van der Waals surface area contributed by atoms with Gasteiger partial charge in [-0.05, 0) is 0 Å². The lowest BCUT2D eigenvalue weighted by Crippen LogP contribution is -2.32. The van der Waals surface area contributed by atoms with Gasteiger partial charge in [0, 0.05) is 24.4 Å². The van der Waals surface area contributed by atoms with Crippen molar-refractivity contribution in [3.05, 3.63) is 30.6 Å². The van der Waals surface area contributed by atoms with Crippen LogP contribution in [-0.2, 0) is 6.54 Å². The van der Waals surface area contributed by atoms with Gasteiger partial charge < -0.3 is 0 Å². The number of rotatable bonds is 3. The summed E-state index contributed by atoms with van der Waals surface area (Å²) in [5, 5.41) is 0. The summed E-state index contributed by atoms with van der Waals surface area (Å²) in [5.74, 6) is 0.738. The molecule has 0 radical (unpaired) electrons. The van der Waals surface area contributed by atoms with Crippen LogP contribution in [0.4, 0.5) is 0 Å². The van der Waals surface area contributed by atoms with Crippen molar-refractivity contribution in [1.29, 1.82) is 0 Å². The molecule has 0 spiro atoms. The van der Waals surface area contributed by atoms with E-state index < -0.39 is 0 Å². The van der Waals surface area contributed by atoms with Gasteiger partial charge in [-0.25, -0.2) is 4.57 Å². The first-order valence-corrected chi connectivity index (χ1v) is 3.97. The van der Waals surface area contributed by atoms with Gasteiger partial charge in [-0.15, -0.1) is 11.6 Å². The summed E-state index contributed by atoms with van der Waals surface area (Å²) in [4.78, 5) is 0. The largest absolute Gasteiger partial charge is 0.205 e. The fraction of sp³-hybridized carbons (Fsp3) is 0.375. The van der Waals surface area contributed by atoms with Crippen molar-refractivity contribution in [1.82, 2.24) is 0 Å². The van der Waals surface area contributed by atoms with Gasteiger partial charge in [-0.1, -0.05) is 6.07 Å². The molecule has 1 aromatic rings. The smallest absolute Gasteiger partial charge is 0.168 e. The number of hydrogen-bond acceptors (Lipinski definition) is 0. The molecule has 0 bridgehead atoms. The number of nitrogens with zero attached hydrogens (tertiary/aromatic N) is 1. The summed E-state index contributed by atoms with van der Waals surface area (Å²) in [6.07, 6.45) is 5.13. The molecule has 1 rings (SSSR count). The second-order valence-corrected chi connectivity index (χ2v) is 2.53. The Morgan fingerprint density at radius 3 is 2.40 bits per heavy atom. The van der Waals surface area contributed by atoms with Crippen LogP contribution in [0.1, 0.15) is 6.42 Å². The van der Waals surface area contributed by atoms with Gasteiger partial charge in [0.15, 0.2) is 12.4 Å². The van der Waals surface area contributed by atoms with E-state index in [2.05, 4.69) is 4.57 Å². The third-order valence-corrected chi connectivity index (χ3v) is 1.59. The van der Waals surface area contributed by atoms with Gasteiger partial charge in [0.05, 0.1) is 0 Å². The highest BCUT2D eigenvalue weighted by Gasteiger charge is 1.94. The molecule has 0 aliphatic heterocycles. The van der Waals surface area contributed by atoms with Gasteiger partial charge in [0.1, 0.15) is 6.54 Å². The van der Waals surface area contributed by atoms with Gasteiger partial charge in [-0.2, -0.15) is 0 Å². The van der Waals surface area contributed by atoms with Crippen molar-refractivity contribution < 1.29 is 4.57 Å². The van der Waals surface area contributed by atoms with Crippen molar-refractivity contribution in [2.75, 3.05) is 5.88 Å². The standard InChI is InChI=1S/C8H11ClN/c9-5-4-8-10-6-2-1-3-7-10/h1-3,6-7H,4-5,8H2/q+1. The molecule has 0 aliphatic carbocycles. The summed E-state index contributed by atoms with van der Waals surface area (Å²) >= 11 is 5.54. The Hall–Kier alpha value is -0.560. The van der Waals surface area contributed by atoms with Crippen LogP contribution in [0.5, 0.6) is 0 Å². The summed E-state index contributed by atoms with van der Waals surface area (Å²) in [5.41, 5.74) is 0. The minimum absolute atomic E-state index is 0.738.